The highest BCUT2D eigenvalue weighted by Crippen LogP contribution is 2.21. The van der Waals surface area contributed by atoms with Crippen LogP contribution in [0.5, 0.6) is 0 Å². The quantitative estimate of drug-likeness (QED) is 0.829. The van der Waals surface area contributed by atoms with Crippen LogP contribution in [0.1, 0.15) is 18.9 Å². The van der Waals surface area contributed by atoms with Gasteiger partial charge in [-0.3, -0.25) is 0 Å². The molecule has 84 valence electrons. The van der Waals surface area contributed by atoms with Gasteiger partial charge in [-0.05, 0) is 12.1 Å². The molecule has 1 aliphatic heterocycles. The number of anilines is 1. The van der Waals surface area contributed by atoms with Crippen LogP contribution in [-0.2, 0) is 0 Å². The van der Waals surface area contributed by atoms with E-state index in [0.717, 1.165) is 24.6 Å². The molecule has 0 aliphatic carbocycles. The minimum absolute atomic E-state index is 0.218. The van der Waals surface area contributed by atoms with Crippen LogP contribution in [0.4, 0.5) is 5.95 Å². The number of thioether (sulfide) groups is 1. The molecular weight excluding hydrogens is 212 g/mol. The van der Waals surface area contributed by atoms with Crippen molar-refractivity contribution in [2.45, 2.75) is 13.0 Å². The van der Waals surface area contributed by atoms with Gasteiger partial charge in [0.2, 0.25) is 5.89 Å². The first-order valence-electron chi connectivity index (χ1n) is 5.17. The molecule has 1 fully saturated rings. The fraction of sp³-hybridized carbons (Fsp3) is 0.778. The second-order valence-electron chi connectivity index (χ2n) is 3.53. The van der Waals surface area contributed by atoms with Gasteiger partial charge < -0.3 is 14.7 Å². The summed E-state index contributed by atoms with van der Waals surface area (Å²) in [6, 6.07) is 0.218. The Kier molecular flexibility index (Phi) is 3.48. The van der Waals surface area contributed by atoms with Crippen molar-refractivity contribution in [1.29, 1.82) is 0 Å². The first kappa shape index (κ1) is 10.8. The van der Waals surface area contributed by atoms with Crippen molar-refractivity contribution < 1.29 is 4.52 Å². The highest BCUT2D eigenvalue weighted by atomic mass is 32.2. The fourth-order valence-corrected chi connectivity index (χ4v) is 2.31. The maximum absolute atomic E-state index is 5.25. The smallest absolute Gasteiger partial charge is 0.265 e. The van der Waals surface area contributed by atoms with Crippen molar-refractivity contribution >= 4 is 17.7 Å². The van der Waals surface area contributed by atoms with Gasteiger partial charge in [0.25, 0.3) is 5.95 Å². The predicted molar refractivity (Wildman–Crippen MR) is 61.3 cm³/mol. The third-order valence-corrected chi connectivity index (χ3v) is 3.53. The molecule has 0 aromatic carbocycles. The van der Waals surface area contributed by atoms with Gasteiger partial charge in [-0.2, -0.15) is 16.7 Å². The third-order valence-electron chi connectivity index (χ3n) is 2.47. The lowest BCUT2D eigenvalue weighted by molar-refractivity contribution is 0.342. The predicted octanol–water partition coefficient (Wildman–Crippen LogP) is 0.903. The van der Waals surface area contributed by atoms with E-state index in [2.05, 4.69) is 22.4 Å². The minimum Gasteiger partial charge on any atom is -0.342 e. The highest BCUT2D eigenvalue weighted by Gasteiger charge is 2.21. The Bertz CT molecular complexity index is 311. The molecule has 1 aromatic heterocycles. The molecule has 5 nitrogen and oxygen atoms in total. The second kappa shape index (κ2) is 4.85. The normalized spacial score (nSPS) is 21.6. The van der Waals surface area contributed by atoms with Gasteiger partial charge in [-0.1, -0.05) is 0 Å². The molecule has 1 aromatic rings. The number of aromatic nitrogens is 2. The fourth-order valence-electron chi connectivity index (χ4n) is 1.39. The molecule has 1 saturated heterocycles. The van der Waals surface area contributed by atoms with Crippen LogP contribution < -0.4 is 10.2 Å². The van der Waals surface area contributed by atoms with E-state index >= 15 is 0 Å². The summed E-state index contributed by atoms with van der Waals surface area (Å²) in [5.74, 6) is 3.55. The Labute approximate surface area is 93.6 Å². The first-order valence-corrected chi connectivity index (χ1v) is 6.32. The molecule has 0 radical (unpaired) electrons. The average molecular weight is 228 g/mol. The van der Waals surface area contributed by atoms with Crippen LogP contribution in [-0.4, -0.2) is 41.8 Å². The largest absolute Gasteiger partial charge is 0.342 e. The Morgan fingerprint density at radius 2 is 2.53 bits per heavy atom. The summed E-state index contributed by atoms with van der Waals surface area (Å²) in [6.45, 7) is 3.95. The standard InChI is InChI=1S/C9H16N4OS/c1-3-13(2)9-11-8(14-12-9)7-6-15-5-4-10-7/h7,10H,3-6H2,1-2H3. The lowest BCUT2D eigenvalue weighted by atomic mass is 10.3. The topological polar surface area (TPSA) is 54.2 Å². The number of hydrogen-bond acceptors (Lipinski definition) is 6. The van der Waals surface area contributed by atoms with Crippen molar-refractivity contribution in [2.24, 2.45) is 0 Å². The summed E-state index contributed by atoms with van der Waals surface area (Å²) >= 11 is 1.92. The van der Waals surface area contributed by atoms with Gasteiger partial charge in [0.05, 0.1) is 6.04 Å². The second-order valence-corrected chi connectivity index (χ2v) is 4.68. The van der Waals surface area contributed by atoms with Gasteiger partial charge in [-0.15, -0.1) is 0 Å². The maximum Gasteiger partial charge on any atom is 0.265 e. The van der Waals surface area contributed by atoms with Crippen LogP contribution in [0, 0.1) is 0 Å². The molecule has 6 heteroatoms. The molecular formula is C9H16N4OS. The van der Waals surface area contributed by atoms with E-state index in [0.29, 0.717) is 11.8 Å². The van der Waals surface area contributed by atoms with Crippen LogP contribution in [0.15, 0.2) is 4.52 Å². The third kappa shape index (κ3) is 2.43. The molecule has 1 atom stereocenters. The molecule has 0 bridgehead atoms. The van der Waals surface area contributed by atoms with E-state index in [1.54, 1.807) is 0 Å². The first-order chi connectivity index (χ1) is 7.31. The van der Waals surface area contributed by atoms with Crippen LogP contribution in [0.3, 0.4) is 0 Å². The Morgan fingerprint density at radius 1 is 1.67 bits per heavy atom. The summed E-state index contributed by atoms with van der Waals surface area (Å²) < 4.78 is 5.25. The molecule has 1 N–H and O–H groups in total. The van der Waals surface area contributed by atoms with E-state index in [-0.39, 0.29) is 6.04 Å². The SMILES string of the molecule is CCN(C)c1noc(C2CSCCN2)n1. The molecule has 0 spiro atoms. The van der Waals surface area contributed by atoms with Gasteiger partial charge in [-0.25, -0.2) is 0 Å². The molecule has 2 rings (SSSR count). The zero-order valence-corrected chi connectivity index (χ0v) is 9.88. The summed E-state index contributed by atoms with van der Waals surface area (Å²) in [5, 5.41) is 7.32. The summed E-state index contributed by atoms with van der Waals surface area (Å²) in [7, 11) is 1.96. The molecule has 15 heavy (non-hydrogen) atoms. The van der Waals surface area contributed by atoms with Gasteiger partial charge in [0, 0.05) is 31.6 Å². The van der Waals surface area contributed by atoms with E-state index in [4.69, 9.17) is 4.52 Å². The molecule has 0 amide bonds. The zero-order chi connectivity index (χ0) is 10.7. The van der Waals surface area contributed by atoms with Gasteiger partial charge >= 0.3 is 0 Å². The van der Waals surface area contributed by atoms with Crippen molar-refractivity contribution in [1.82, 2.24) is 15.5 Å². The van der Waals surface area contributed by atoms with Crippen LogP contribution in [0.2, 0.25) is 0 Å². The number of hydrogen-bond donors (Lipinski definition) is 1. The molecule has 2 heterocycles. The number of nitrogens with zero attached hydrogens (tertiary/aromatic N) is 3. The Hall–Kier alpha value is -0.750. The summed E-state index contributed by atoms with van der Waals surface area (Å²) in [4.78, 5) is 6.34. The molecule has 1 unspecified atom stereocenters. The van der Waals surface area contributed by atoms with Crippen molar-refractivity contribution in [3.05, 3.63) is 5.89 Å². The van der Waals surface area contributed by atoms with Gasteiger partial charge in [0.15, 0.2) is 0 Å². The minimum atomic E-state index is 0.218. The molecule has 1 aliphatic rings. The number of nitrogens with one attached hydrogen (secondary N) is 1. The number of rotatable bonds is 3. The van der Waals surface area contributed by atoms with Crippen molar-refractivity contribution in [3.63, 3.8) is 0 Å². The summed E-state index contributed by atoms with van der Waals surface area (Å²) in [5.41, 5.74) is 0. The Morgan fingerprint density at radius 3 is 3.20 bits per heavy atom. The van der Waals surface area contributed by atoms with Crippen LogP contribution >= 0.6 is 11.8 Å². The zero-order valence-electron chi connectivity index (χ0n) is 9.06. The highest BCUT2D eigenvalue weighted by molar-refractivity contribution is 7.99. The maximum atomic E-state index is 5.25. The lowest BCUT2D eigenvalue weighted by Gasteiger charge is -2.19. The summed E-state index contributed by atoms with van der Waals surface area (Å²) in [6.07, 6.45) is 0. The van der Waals surface area contributed by atoms with E-state index in [1.807, 2.05) is 23.7 Å². The van der Waals surface area contributed by atoms with Crippen LogP contribution in [0.25, 0.3) is 0 Å². The molecule has 0 saturated carbocycles. The Balaban J connectivity index is 2.05. The lowest BCUT2D eigenvalue weighted by Crippen LogP contribution is -2.30. The van der Waals surface area contributed by atoms with Crippen molar-refractivity contribution in [2.75, 3.05) is 36.5 Å². The van der Waals surface area contributed by atoms with Crippen molar-refractivity contribution in [3.8, 4) is 0 Å². The van der Waals surface area contributed by atoms with E-state index < -0.39 is 0 Å². The van der Waals surface area contributed by atoms with E-state index in [9.17, 15) is 0 Å². The van der Waals surface area contributed by atoms with Gasteiger partial charge in [0.1, 0.15) is 0 Å². The average Bonchev–Trinajstić information content (AvgIpc) is 2.78. The monoisotopic (exact) mass is 228 g/mol. The van der Waals surface area contributed by atoms with E-state index in [1.165, 1.54) is 0 Å².